The van der Waals surface area contributed by atoms with Gasteiger partial charge in [-0.3, -0.25) is 10.1 Å². The molecule has 3 nitrogen and oxygen atoms in total. The molecule has 0 bridgehead atoms. The molecule has 0 heterocycles. The summed E-state index contributed by atoms with van der Waals surface area (Å²) in [5.41, 5.74) is -0.194. The molecule has 0 fully saturated rings. The van der Waals surface area contributed by atoms with Gasteiger partial charge < -0.3 is 0 Å². The maximum atomic E-state index is 13.1. The summed E-state index contributed by atoms with van der Waals surface area (Å²) < 4.78 is 13.3. The van der Waals surface area contributed by atoms with Crippen molar-refractivity contribution in [3.63, 3.8) is 0 Å². The van der Waals surface area contributed by atoms with Gasteiger partial charge in [-0.15, -0.1) is 0 Å². The van der Waals surface area contributed by atoms with Gasteiger partial charge in [0, 0.05) is 6.07 Å². The van der Waals surface area contributed by atoms with Crippen molar-refractivity contribution >= 4 is 53.5 Å². The van der Waals surface area contributed by atoms with Crippen LogP contribution < -0.4 is 0 Å². The molecule has 0 N–H and O–H groups in total. The highest BCUT2D eigenvalue weighted by molar-refractivity contribution is 9.13. The molecule has 0 unspecified atom stereocenters. The first-order valence-corrected chi connectivity index (χ1v) is 5.30. The number of halogens is 4. The zero-order valence-electron chi connectivity index (χ0n) is 5.85. The van der Waals surface area contributed by atoms with Crippen molar-refractivity contribution in [2.75, 3.05) is 0 Å². The number of rotatable bonds is 1. The normalized spacial score (nSPS) is 10.2. The fraction of sp³-hybridized carbons (Fsp3) is 0. The predicted molar refractivity (Wildman–Crippen MR) is 56.2 cm³/mol. The molecule has 0 aliphatic rings. The Kier molecular flexibility index (Phi) is 3.42. The van der Waals surface area contributed by atoms with E-state index >= 15 is 0 Å². The van der Waals surface area contributed by atoms with Crippen molar-refractivity contribution in [1.82, 2.24) is 0 Å². The van der Waals surface area contributed by atoms with Crippen LogP contribution in [0.3, 0.4) is 0 Å². The van der Waals surface area contributed by atoms with E-state index in [9.17, 15) is 14.5 Å². The molecule has 1 aromatic rings. The van der Waals surface area contributed by atoms with Crippen LogP contribution in [0, 0.1) is 15.9 Å². The summed E-state index contributed by atoms with van der Waals surface area (Å²) in [7, 11) is 0. The smallest absolute Gasteiger partial charge is 0.258 e. The summed E-state index contributed by atoms with van der Waals surface area (Å²) in [6.45, 7) is 0. The van der Waals surface area contributed by atoms with E-state index in [4.69, 9.17) is 0 Å². The van der Waals surface area contributed by atoms with Gasteiger partial charge in [-0.25, -0.2) is 4.39 Å². The summed E-state index contributed by atoms with van der Waals surface area (Å²) in [6, 6.07) is 1.10. The van der Waals surface area contributed by atoms with E-state index in [-0.39, 0.29) is 19.1 Å². The molecule has 0 aromatic heterocycles. The topological polar surface area (TPSA) is 43.1 Å². The third-order valence-electron chi connectivity index (χ3n) is 1.28. The lowest BCUT2D eigenvalue weighted by molar-refractivity contribution is -0.385. The Morgan fingerprint density at radius 1 is 1.31 bits per heavy atom. The molecule has 0 atom stereocenters. The van der Waals surface area contributed by atoms with Gasteiger partial charge in [0.25, 0.3) is 5.69 Å². The molecule has 7 heteroatoms. The SMILES string of the molecule is O=[N+]([O-])c1cc(Br)c(F)c(Br)c1Br. The first-order valence-electron chi connectivity index (χ1n) is 2.92. The Balaban J connectivity index is 3.50. The summed E-state index contributed by atoms with van der Waals surface area (Å²) in [5.74, 6) is -0.572. The van der Waals surface area contributed by atoms with E-state index < -0.39 is 10.7 Å². The molecule has 13 heavy (non-hydrogen) atoms. The first-order chi connectivity index (χ1) is 5.95. The van der Waals surface area contributed by atoms with Crippen molar-refractivity contribution < 1.29 is 9.31 Å². The van der Waals surface area contributed by atoms with Crippen LogP contribution in [0.25, 0.3) is 0 Å². The van der Waals surface area contributed by atoms with Crippen molar-refractivity contribution in [3.05, 3.63) is 35.4 Å². The lowest BCUT2D eigenvalue weighted by atomic mass is 10.3. The molecule has 1 rings (SSSR count). The molecule has 70 valence electrons. The van der Waals surface area contributed by atoms with E-state index in [0.29, 0.717) is 0 Å². The molecular formula is C6HBr3FNO2. The van der Waals surface area contributed by atoms with Crippen LogP contribution in [0.4, 0.5) is 10.1 Å². The highest BCUT2D eigenvalue weighted by Gasteiger charge is 2.20. The van der Waals surface area contributed by atoms with E-state index in [1.54, 1.807) is 0 Å². The third kappa shape index (κ3) is 2.08. The van der Waals surface area contributed by atoms with E-state index in [2.05, 4.69) is 47.8 Å². The second-order valence-electron chi connectivity index (χ2n) is 2.08. The summed E-state index contributed by atoms with van der Waals surface area (Å²) >= 11 is 8.68. The maximum absolute atomic E-state index is 13.1. The molecule has 0 saturated heterocycles. The van der Waals surface area contributed by atoms with Gasteiger partial charge in [0.05, 0.1) is 13.9 Å². The molecule has 1 aromatic carbocycles. The molecule has 0 amide bonds. The van der Waals surface area contributed by atoms with Crippen molar-refractivity contribution in [2.45, 2.75) is 0 Å². The van der Waals surface area contributed by atoms with Crippen LogP contribution in [0.2, 0.25) is 0 Å². The average molecular weight is 378 g/mol. The van der Waals surface area contributed by atoms with Gasteiger partial charge >= 0.3 is 0 Å². The van der Waals surface area contributed by atoms with Crippen LogP contribution >= 0.6 is 47.8 Å². The quantitative estimate of drug-likeness (QED) is 0.321. The number of nitrogens with zero attached hydrogens (tertiary/aromatic N) is 1. The van der Waals surface area contributed by atoms with Crippen LogP contribution in [0.1, 0.15) is 0 Å². The summed E-state index contributed by atoms with van der Waals surface area (Å²) in [5, 5.41) is 10.4. The van der Waals surface area contributed by atoms with Gasteiger partial charge in [0.15, 0.2) is 5.82 Å². The third-order valence-corrected chi connectivity index (χ3v) is 3.94. The predicted octanol–water partition coefficient (Wildman–Crippen LogP) is 4.02. The Hall–Kier alpha value is -0.0100. The zero-order valence-corrected chi connectivity index (χ0v) is 10.6. The van der Waals surface area contributed by atoms with Crippen LogP contribution in [0.15, 0.2) is 19.5 Å². The minimum atomic E-state index is -0.598. The van der Waals surface area contributed by atoms with Crippen LogP contribution in [0.5, 0.6) is 0 Å². The fourth-order valence-corrected chi connectivity index (χ4v) is 2.22. The minimum Gasteiger partial charge on any atom is -0.258 e. The van der Waals surface area contributed by atoms with Gasteiger partial charge in [0.1, 0.15) is 4.47 Å². The Labute approximate surface area is 97.9 Å². The molecule has 0 radical (unpaired) electrons. The van der Waals surface area contributed by atoms with Gasteiger partial charge in [-0.1, -0.05) is 0 Å². The largest absolute Gasteiger partial charge is 0.285 e. The second kappa shape index (κ2) is 4.02. The Morgan fingerprint density at radius 2 is 1.85 bits per heavy atom. The zero-order chi connectivity index (χ0) is 10.2. The van der Waals surface area contributed by atoms with Crippen LogP contribution in [-0.2, 0) is 0 Å². The Morgan fingerprint density at radius 3 is 2.31 bits per heavy atom. The fourth-order valence-electron chi connectivity index (χ4n) is 0.693. The summed E-state index contributed by atoms with van der Waals surface area (Å²) in [6.07, 6.45) is 0. The number of nitro benzene ring substituents is 1. The molecule has 0 saturated carbocycles. The van der Waals surface area contributed by atoms with E-state index in [0.717, 1.165) is 6.07 Å². The van der Waals surface area contributed by atoms with E-state index in [1.807, 2.05) is 0 Å². The number of benzene rings is 1. The van der Waals surface area contributed by atoms with Crippen molar-refractivity contribution in [1.29, 1.82) is 0 Å². The van der Waals surface area contributed by atoms with Crippen LogP contribution in [-0.4, -0.2) is 4.92 Å². The lowest BCUT2D eigenvalue weighted by Crippen LogP contribution is -1.92. The first kappa shape index (κ1) is 11.1. The highest BCUT2D eigenvalue weighted by atomic mass is 79.9. The Bertz CT molecular complexity index is 383. The van der Waals surface area contributed by atoms with Gasteiger partial charge in [0.2, 0.25) is 0 Å². The molecular weight excluding hydrogens is 377 g/mol. The lowest BCUT2D eigenvalue weighted by Gasteiger charge is -2.01. The molecule has 0 spiro atoms. The van der Waals surface area contributed by atoms with Crippen molar-refractivity contribution in [2.24, 2.45) is 0 Å². The van der Waals surface area contributed by atoms with Gasteiger partial charge in [-0.2, -0.15) is 0 Å². The van der Waals surface area contributed by atoms with Gasteiger partial charge in [-0.05, 0) is 47.8 Å². The highest BCUT2D eigenvalue weighted by Crippen LogP contribution is 2.38. The number of nitro groups is 1. The monoisotopic (exact) mass is 375 g/mol. The maximum Gasteiger partial charge on any atom is 0.285 e. The van der Waals surface area contributed by atoms with E-state index in [1.165, 1.54) is 0 Å². The minimum absolute atomic E-state index is 0.0357. The summed E-state index contributed by atoms with van der Waals surface area (Å²) in [4.78, 5) is 9.85. The molecule has 0 aliphatic heterocycles. The number of hydrogen-bond donors (Lipinski definition) is 0. The molecule has 0 aliphatic carbocycles. The standard InChI is InChI=1S/C6HBr3FNO2/c7-2-1-3(11(12)13)4(8)5(9)6(2)10/h1H. The van der Waals surface area contributed by atoms with Crippen molar-refractivity contribution in [3.8, 4) is 0 Å². The average Bonchev–Trinajstić information content (AvgIpc) is 2.07. The number of hydrogen-bond acceptors (Lipinski definition) is 2. The second-order valence-corrected chi connectivity index (χ2v) is 4.52.